The summed E-state index contributed by atoms with van der Waals surface area (Å²) in [5.41, 5.74) is 3.64. The van der Waals surface area contributed by atoms with Gasteiger partial charge in [-0.25, -0.2) is 4.98 Å². The third-order valence-corrected chi connectivity index (χ3v) is 4.80. The number of pyridine rings is 1. The molecule has 1 aliphatic carbocycles. The van der Waals surface area contributed by atoms with Crippen LogP contribution in [0.25, 0.3) is 11.6 Å². The van der Waals surface area contributed by atoms with E-state index in [2.05, 4.69) is 38.0 Å². The van der Waals surface area contributed by atoms with Crippen LogP contribution in [0.15, 0.2) is 51.5 Å². The molecule has 2 heterocycles. The lowest BCUT2D eigenvalue weighted by atomic mass is 9.84. The summed E-state index contributed by atoms with van der Waals surface area (Å²) in [5.74, 6) is 1.87. The molecule has 4 rings (SSSR count). The molecular weight excluding hydrogens is 366 g/mol. The van der Waals surface area contributed by atoms with E-state index in [0.29, 0.717) is 17.4 Å². The molecule has 0 fully saturated rings. The van der Waals surface area contributed by atoms with Crippen LogP contribution in [0, 0.1) is 11.3 Å². The normalized spacial score (nSPS) is 16.4. The van der Waals surface area contributed by atoms with Gasteiger partial charge in [0.2, 0.25) is 5.89 Å². The van der Waals surface area contributed by atoms with E-state index in [9.17, 15) is 0 Å². The van der Waals surface area contributed by atoms with Gasteiger partial charge in [-0.05, 0) is 54.7 Å². The Balaban J connectivity index is 1.64. The van der Waals surface area contributed by atoms with Crippen molar-refractivity contribution in [3.63, 3.8) is 0 Å². The summed E-state index contributed by atoms with van der Waals surface area (Å²) < 4.78 is 6.92. The number of oxazole rings is 1. The van der Waals surface area contributed by atoms with Gasteiger partial charge in [0.25, 0.3) is 0 Å². The summed E-state index contributed by atoms with van der Waals surface area (Å²) in [4.78, 5) is 8.92. The molecule has 0 saturated heterocycles. The molecule has 0 spiro atoms. The van der Waals surface area contributed by atoms with Crippen molar-refractivity contribution in [3.05, 3.63) is 69.6 Å². The predicted molar refractivity (Wildman–Crippen MR) is 93.4 cm³/mol. The second-order valence-electron chi connectivity index (χ2n) is 5.93. The molecular formula is C19H14BrN3O. The number of aromatic nitrogens is 2. The number of rotatable bonds is 2. The minimum absolute atomic E-state index is 0.339. The van der Waals surface area contributed by atoms with Gasteiger partial charge in [0.05, 0.1) is 17.3 Å². The SMILES string of the molecule is N#Cc1cc(Br)cc(C2CCc3nc(-c4ccccn4)oc3C2)c1. The van der Waals surface area contributed by atoms with Crippen molar-refractivity contribution in [3.8, 4) is 17.7 Å². The second kappa shape index (κ2) is 6.21. The summed E-state index contributed by atoms with van der Waals surface area (Å²) in [6.07, 6.45) is 4.43. The first-order valence-electron chi connectivity index (χ1n) is 7.83. The lowest BCUT2D eigenvalue weighted by Gasteiger charge is -2.21. The highest BCUT2D eigenvalue weighted by molar-refractivity contribution is 9.10. The molecule has 24 heavy (non-hydrogen) atoms. The number of hydrogen-bond acceptors (Lipinski definition) is 4. The molecule has 2 aromatic heterocycles. The zero-order valence-corrected chi connectivity index (χ0v) is 14.5. The second-order valence-corrected chi connectivity index (χ2v) is 6.84. The summed E-state index contributed by atoms with van der Waals surface area (Å²) >= 11 is 3.49. The third-order valence-electron chi connectivity index (χ3n) is 4.34. The van der Waals surface area contributed by atoms with Crippen LogP contribution in [0.1, 0.15) is 34.9 Å². The highest BCUT2D eigenvalue weighted by Gasteiger charge is 2.26. The van der Waals surface area contributed by atoms with Crippen LogP contribution in [0.3, 0.4) is 0 Å². The molecule has 0 N–H and O–H groups in total. The first kappa shape index (κ1) is 15.1. The number of aryl methyl sites for hydroxylation is 1. The van der Waals surface area contributed by atoms with Gasteiger partial charge in [-0.15, -0.1) is 0 Å². The molecule has 118 valence electrons. The van der Waals surface area contributed by atoms with Crippen molar-refractivity contribution >= 4 is 15.9 Å². The molecule has 0 radical (unpaired) electrons. The Bertz CT molecular complexity index is 928. The van der Waals surface area contributed by atoms with E-state index in [1.165, 1.54) is 5.56 Å². The summed E-state index contributed by atoms with van der Waals surface area (Å²) in [5, 5.41) is 9.17. The lowest BCUT2D eigenvalue weighted by molar-refractivity contribution is 0.457. The molecule has 0 saturated carbocycles. The molecule has 1 unspecified atom stereocenters. The topological polar surface area (TPSA) is 62.7 Å². The van der Waals surface area contributed by atoms with Gasteiger partial charge in [0.1, 0.15) is 11.5 Å². The fraction of sp³-hybridized carbons (Fsp3) is 0.211. The molecule has 0 bridgehead atoms. The fourth-order valence-electron chi connectivity index (χ4n) is 3.17. The Morgan fingerprint density at radius 1 is 1.25 bits per heavy atom. The Kier molecular flexibility index (Phi) is 3.91. The van der Waals surface area contributed by atoms with Gasteiger partial charge in [-0.1, -0.05) is 22.0 Å². The molecule has 0 amide bonds. The van der Waals surface area contributed by atoms with E-state index < -0.39 is 0 Å². The van der Waals surface area contributed by atoms with E-state index in [-0.39, 0.29) is 0 Å². The van der Waals surface area contributed by atoms with Crippen LogP contribution in [-0.2, 0) is 12.8 Å². The van der Waals surface area contributed by atoms with Gasteiger partial charge in [-0.2, -0.15) is 5.26 Å². The monoisotopic (exact) mass is 379 g/mol. The van der Waals surface area contributed by atoms with E-state index in [0.717, 1.165) is 40.9 Å². The highest BCUT2D eigenvalue weighted by Crippen LogP contribution is 2.35. The average Bonchev–Trinajstić information content (AvgIpc) is 3.05. The van der Waals surface area contributed by atoms with Crippen molar-refractivity contribution in [2.75, 3.05) is 0 Å². The predicted octanol–water partition coefficient (Wildman–Crippen LogP) is 4.64. The van der Waals surface area contributed by atoms with Crippen molar-refractivity contribution in [1.29, 1.82) is 5.26 Å². The first-order valence-corrected chi connectivity index (χ1v) is 8.63. The minimum atomic E-state index is 0.339. The maximum absolute atomic E-state index is 9.17. The first-order chi connectivity index (χ1) is 11.7. The van der Waals surface area contributed by atoms with Gasteiger partial charge in [0, 0.05) is 17.1 Å². The van der Waals surface area contributed by atoms with Crippen molar-refractivity contribution in [2.45, 2.75) is 25.2 Å². The summed E-state index contributed by atoms with van der Waals surface area (Å²) in [7, 11) is 0. The Morgan fingerprint density at radius 3 is 2.96 bits per heavy atom. The van der Waals surface area contributed by atoms with Gasteiger partial charge in [-0.3, -0.25) is 4.98 Å². The molecule has 3 aromatic rings. The van der Waals surface area contributed by atoms with Crippen LogP contribution in [0.5, 0.6) is 0 Å². The lowest BCUT2D eigenvalue weighted by Crippen LogP contribution is -2.12. The van der Waals surface area contributed by atoms with Crippen molar-refractivity contribution < 1.29 is 4.42 Å². The van der Waals surface area contributed by atoms with E-state index in [1.807, 2.05) is 30.3 Å². The largest absolute Gasteiger partial charge is 0.440 e. The number of benzene rings is 1. The van der Waals surface area contributed by atoms with Crippen LogP contribution >= 0.6 is 15.9 Å². The highest BCUT2D eigenvalue weighted by atomic mass is 79.9. The van der Waals surface area contributed by atoms with Crippen LogP contribution < -0.4 is 0 Å². The zero-order valence-electron chi connectivity index (χ0n) is 12.9. The van der Waals surface area contributed by atoms with Crippen LogP contribution in [0.4, 0.5) is 0 Å². The zero-order chi connectivity index (χ0) is 16.5. The smallest absolute Gasteiger partial charge is 0.245 e. The number of hydrogen-bond donors (Lipinski definition) is 0. The van der Waals surface area contributed by atoms with Crippen molar-refractivity contribution in [2.24, 2.45) is 0 Å². The maximum Gasteiger partial charge on any atom is 0.245 e. The third kappa shape index (κ3) is 2.85. The molecule has 4 nitrogen and oxygen atoms in total. The minimum Gasteiger partial charge on any atom is -0.440 e. The number of fused-ring (bicyclic) bond motifs is 1. The molecule has 1 aromatic carbocycles. The van der Waals surface area contributed by atoms with Crippen molar-refractivity contribution in [1.82, 2.24) is 9.97 Å². The molecule has 0 aliphatic heterocycles. The van der Waals surface area contributed by atoms with Gasteiger partial charge < -0.3 is 4.42 Å². The van der Waals surface area contributed by atoms with Gasteiger partial charge >= 0.3 is 0 Å². The van der Waals surface area contributed by atoms with E-state index in [4.69, 9.17) is 9.68 Å². The number of nitrogens with zero attached hydrogens (tertiary/aromatic N) is 3. The molecule has 1 aliphatic rings. The summed E-state index contributed by atoms with van der Waals surface area (Å²) in [6, 6.07) is 13.8. The standard InChI is InChI=1S/C19H14BrN3O/c20-15-8-12(11-21)7-14(9-15)13-4-5-16-18(10-13)24-19(23-16)17-3-1-2-6-22-17/h1-3,6-9,13H,4-5,10H2. The Hall–Kier alpha value is -2.45. The van der Waals surface area contributed by atoms with Gasteiger partial charge in [0.15, 0.2) is 0 Å². The Morgan fingerprint density at radius 2 is 2.17 bits per heavy atom. The fourth-order valence-corrected chi connectivity index (χ4v) is 3.68. The quantitative estimate of drug-likeness (QED) is 0.650. The maximum atomic E-state index is 9.17. The number of nitriles is 1. The van der Waals surface area contributed by atoms with E-state index >= 15 is 0 Å². The summed E-state index contributed by atoms with van der Waals surface area (Å²) in [6.45, 7) is 0. The Labute approximate surface area is 148 Å². The van der Waals surface area contributed by atoms with Crippen LogP contribution in [0.2, 0.25) is 0 Å². The number of halogens is 1. The molecule has 5 heteroatoms. The van der Waals surface area contributed by atoms with E-state index in [1.54, 1.807) is 6.20 Å². The molecule has 1 atom stereocenters. The average molecular weight is 380 g/mol. The van der Waals surface area contributed by atoms with Crippen LogP contribution in [-0.4, -0.2) is 9.97 Å².